The number of amides is 1. The minimum absolute atomic E-state index is 0.0424. The third-order valence-electron chi connectivity index (χ3n) is 3.79. The molecule has 1 unspecified atom stereocenters. The van der Waals surface area contributed by atoms with Crippen molar-refractivity contribution in [1.82, 2.24) is 14.9 Å². The molecule has 1 aromatic heterocycles. The number of imidazole rings is 1. The van der Waals surface area contributed by atoms with Crippen molar-refractivity contribution in [3.63, 3.8) is 0 Å². The number of hydrogen-bond acceptors (Lipinski definition) is 4. The SMILES string of the molecule is COC1CSC2(C1)CN(C(=O)c1nc[nH]c1C)C2. The van der Waals surface area contributed by atoms with Crippen LogP contribution in [-0.2, 0) is 4.74 Å². The van der Waals surface area contributed by atoms with Gasteiger partial charge >= 0.3 is 0 Å². The van der Waals surface area contributed by atoms with Crippen LogP contribution in [-0.4, -0.2) is 57.6 Å². The Labute approximate surface area is 110 Å². The highest BCUT2D eigenvalue weighted by Gasteiger charge is 2.51. The van der Waals surface area contributed by atoms with Gasteiger partial charge in [-0.25, -0.2) is 4.98 Å². The second kappa shape index (κ2) is 4.28. The molecule has 1 atom stereocenters. The largest absolute Gasteiger partial charge is 0.381 e. The van der Waals surface area contributed by atoms with E-state index < -0.39 is 0 Å². The average Bonchev–Trinajstić information content (AvgIpc) is 2.92. The summed E-state index contributed by atoms with van der Waals surface area (Å²) in [4.78, 5) is 21.1. The summed E-state index contributed by atoms with van der Waals surface area (Å²) in [6, 6.07) is 0. The number of nitrogens with one attached hydrogen (secondary N) is 1. The lowest BCUT2D eigenvalue weighted by atomic mass is 9.92. The lowest BCUT2D eigenvalue weighted by molar-refractivity contribution is 0.0446. The highest BCUT2D eigenvalue weighted by atomic mass is 32.2. The quantitative estimate of drug-likeness (QED) is 0.870. The normalized spacial score (nSPS) is 25.4. The predicted molar refractivity (Wildman–Crippen MR) is 69.8 cm³/mol. The lowest BCUT2D eigenvalue weighted by Crippen LogP contribution is -2.60. The van der Waals surface area contributed by atoms with Gasteiger partial charge in [0, 0.05) is 31.6 Å². The standard InChI is InChI=1S/C12H17N3O2S/c1-8-10(14-7-13-8)11(16)15-5-12(6-15)3-9(17-2)4-18-12/h7,9H,3-6H2,1-2H3,(H,13,14). The van der Waals surface area contributed by atoms with Crippen molar-refractivity contribution in [1.29, 1.82) is 0 Å². The Bertz CT molecular complexity index is 468. The Balaban J connectivity index is 1.63. The summed E-state index contributed by atoms with van der Waals surface area (Å²) in [6.45, 7) is 3.52. The van der Waals surface area contributed by atoms with E-state index in [0.29, 0.717) is 11.8 Å². The van der Waals surface area contributed by atoms with Crippen LogP contribution in [0.1, 0.15) is 22.6 Å². The average molecular weight is 267 g/mol. The van der Waals surface area contributed by atoms with Crippen LogP contribution in [0.4, 0.5) is 0 Å². The van der Waals surface area contributed by atoms with E-state index in [4.69, 9.17) is 4.74 Å². The number of ether oxygens (including phenoxy) is 1. The number of likely N-dealkylation sites (tertiary alicyclic amines) is 1. The van der Waals surface area contributed by atoms with E-state index in [-0.39, 0.29) is 10.7 Å². The fraction of sp³-hybridized carbons (Fsp3) is 0.667. The first-order chi connectivity index (χ1) is 8.63. The van der Waals surface area contributed by atoms with Gasteiger partial charge < -0.3 is 14.6 Å². The molecule has 6 heteroatoms. The van der Waals surface area contributed by atoms with Crippen LogP contribution in [0.3, 0.4) is 0 Å². The molecule has 3 heterocycles. The van der Waals surface area contributed by atoms with Crippen LogP contribution in [0.25, 0.3) is 0 Å². The number of nitrogens with zero attached hydrogens (tertiary/aromatic N) is 2. The summed E-state index contributed by atoms with van der Waals surface area (Å²) in [7, 11) is 1.76. The highest BCUT2D eigenvalue weighted by Crippen LogP contribution is 2.46. The number of aromatic amines is 1. The number of H-pyrrole nitrogens is 1. The van der Waals surface area contributed by atoms with Gasteiger partial charge in [-0.1, -0.05) is 0 Å². The molecule has 3 rings (SSSR count). The van der Waals surface area contributed by atoms with Gasteiger partial charge in [0.25, 0.3) is 5.91 Å². The molecule has 18 heavy (non-hydrogen) atoms. The number of thioether (sulfide) groups is 1. The van der Waals surface area contributed by atoms with E-state index in [1.54, 1.807) is 13.4 Å². The molecule has 1 aromatic rings. The summed E-state index contributed by atoms with van der Waals surface area (Å²) in [5, 5.41) is 0. The third-order valence-corrected chi connectivity index (χ3v) is 5.36. The molecule has 5 nitrogen and oxygen atoms in total. The second-order valence-electron chi connectivity index (χ2n) is 5.09. The molecule has 1 amide bonds. The Kier molecular flexibility index (Phi) is 2.86. The number of hydrogen-bond donors (Lipinski definition) is 1. The van der Waals surface area contributed by atoms with Crippen LogP contribution in [0.2, 0.25) is 0 Å². The number of aromatic nitrogens is 2. The summed E-state index contributed by atoms with van der Waals surface area (Å²) in [5.74, 6) is 1.08. The Morgan fingerprint density at radius 2 is 2.44 bits per heavy atom. The summed E-state index contributed by atoms with van der Waals surface area (Å²) in [5.41, 5.74) is 1.39. The fourth-order valence-corrected chi connectivity index (χ4v) is 4.28. The third kappa shape index (κ3) is 1.83. The molecule has 0 aliphatic carbocycles. The zero-order chi connectivity index (χ0) is 12.8. The first kappa shape index (κ1) is 12.0. The molecule has 1 spiro atoms. The van der Waals surface area contributed by atoms with Crippen molar-refractivity contribution in [3.05, 3.63) is 17.7 Å². The van der Waals surface area contributed by atoms with Crippen molar-refractivity contribution in [2.45, 2.75) is 24.2 Å². The topological polar surface area (TPSA) is 58.2 Å². The second-order valence-corrected chi connectivity index (χ2v) is 6.58. The van der Waals surface area contributed by atoms with Crippen LogP contribution in [0.15, 0.2) is 6.33 Å². The van der Waals surface area contributed by atoms with Gasteiger partial charge in [0.15, 0.2) is 0 Å². The van der Waals surface area contributed by atoms with E-state index in [2.05, 4.69) is 9.97 Å². The molecule has 0 saturated carbocycles. The smallest absolute Gasteiger partial charge is 0.274 e. The zero-order valence-corrected chi connectivity index (χ0v) is 11.4. The van der Waals surface area contributed by atoms with E-state index in [1.807, 2.05) is 23.6 Å². The van der Waals surface area contributed by atoms with E-state index in [9.17, 15) is 4.79 Å². The van der Waals surface area contributed by atoms with E-state index in [0.717, 1.165) is 31.0 Å². The highest BCUT2D eigenvalue weighted by molar-refractivity contribution is 8.01. The number of carbonyl (C=O) groups is 1. The van der Waals surface area contributed by atoms with E-state index in [1.165, 1.54) is 0 Å². The van der Waals surface area contributed by atoms with Gasteiger partial charge in [0.1, 0.15) is 5.69 Å². The maximum Gasteiger partial charge on any atom is 0.274 e. The maximum absolute atomic E-state index is 12.2. The first-order valence-electron chi connectivity index (χ1n) is 6.09. The molecular weight excluding hydrogens is 250 g/mol. The molecule has 0 aromatic carbocycles. The van der Waals surface area contributed by atoms with Crippen LogP contribution in [0.5, 0.6) is 0 Å². The number of carbonyl (C=O) groups excluding carboxylic acids is 1. The summed E-state index contributed by atoms with van der Waals surface area (Å²) < 4.78 is 5.62. The Hall–Kier alpha value is -1.01. The van der Waals surface area contributed by atoms with E-state index >= 15 is 0 Å². The molecule has 2 fully saturated rings. The van der Waals surface area contributed by atoms with Crippen molar-refractivity contribution < 1.29 is 9.53 Å². The maximum atomic E-state index is 12.2. The molecule has 2 saturated heterocycles. The van der Waals surface area contributed by atoms with Crippen molar-refractivity contribution in [3.8, 4) is 0 Å². The molecule has 2 aliphatic heterocycles. The molecule has 1 N–H and O–H groups in total. The summed E-state index contributed by atoms with van der Waals surface area (Å²) >= 11 is 1.94. The first-order valence-corrected chi connectivity index (χ1v) is 7.08. The van der Waals surface area contributed by atoms with Gasteiger partial charge in [-0.2, -0.15) is 0 Å². The van der Waals surface area contributed by atoms with Crippen molar-refractivity contribution in [2.24, 2.45) is 0 Å². The molecular formula is C12H17N3O2S. The lowest BCUT2D eigenvalue weighted by Gasteiger charge is -2.47. The number of aryl methyl sites for hydroxylation is 1. The Morgan fingerprint density at radius 3 is 3.00 bits per heavy atom. The van der Waals surface area contributed by atoms with Crippen LogP contribution >= 0.6 is 11.8 Å². The molecule has 0 bridgehead atoms. The number of methoxy groups -OCH3 is 1. The minimum Gasteiger partial charge on any atom is -0.381 e. The van der Waals surface area contributed by atoms with Crippen LogP contribution in [0, 0.1) is 6.92 Å². The van der Waals surface area contributed by atoms with Crippen LogP contribution < -0.4 is 0 Å². The van der Waals surface area contributed by atoms with Gasteiger partial charge in [0.2, 0.25) is 0 Å². The molecule has 2 aliphatic rings. The zero-order valence-electron chi connectivity index (χ0n) is 10.6. The summed E-state index contributed by atoms with van der Waals surface area (Å²) in [6.07, 6.45) is 2.97. The van der Waals surface area contributed by atoms with Gasteiger partial charge in [-0.05, 0) is 13.3 Å². The minimum atomic E-state index is 0.0424. The molecule has 0 radical (unpaired) electrons. The Morgan fingerprint density at radius 1 is 1.67 bits per heavy atom. The number of rotatable bonds is 2. The predicted octanol–water partition coefficient (Wildman–Crippen LogP) is 1.06. The fourth-order valence-electron chi connectivity index (χ4n) is 2.69. The monoisotopic (exact) mass is 267 g/mol. The van der Waals surface area contributed by atoms with Gasteiger partial charge in [0.05, 0.1) is 17.2 Å². The molecule has 98 valence electrons. The van der Waals surface area contributed by atoms with Gasteiger partial charge in [-0.15, -0.1) is 11.8 Å². The van der Waals surface area contributed by atoms with Crippen molar-refractivity contribution in [2.75, 3.05) is 26.0 Å². The van der Waals surface area contributed by atoms with Gasteiger partial charge in [-0.3, -0.25) is 4.79 Å². The van der Waals surface area contributed by atoms with Crippen molar-refractivity contribution >= 4 is 17.7 Å².